The molecule has 1 fully saturated rings. The average Bonchev–Trinajstić information content (AvgIpc) is 3.32. The maximum absolute atomic E-state index is 12.3. The van der Waals surface area contributed by atoms with Gasteiger partial charge in [0.1, 0.15) is 5.69 Å². The summed E-state index contributed by atoms with van der Waals surface area (Å²) in [5, 5.41) is 4.65. The minimum atomic E-state index is 0.0443. The van der Waals surface area contributed by atoms with Gasteiger partial charge in [0.15, 0.2) is 0 Å². The molecule has 5 nitrogen and oxygen atoms in total. The number of carbonyl (C=O) groups excluding carboxylic acids is 1. The molecule has 1 aromatic carbocycles. The molecule has 1 aliphatic rings. The zero-order chi connectivity index (χ0) is 17.1. The van der Waals surface area contributed by atoms with E-state index >= 15 is 0 Å². The van der Waals surface area contributed by atoms with Crippen molar-refractivity contribution in [2.24, 2.45) is 0 Å². The van der Waals surface area contributed by atoms with E-state index in [2.05, 4.69) is 39.7 Å². The third-order valence-electron chi connectivity index (χ3n) is 4.77. The van der Waals surface area contributed by atoms with Crippen LogP contribution < -0.4 is 5.32 Å². The summed E-state index contributed by atoms with van der Waals surface area (Å²) in [5.41, 5.74) is 3.95. The van der Waals surface area contributed by atoms with Crippen LogP contribution in [-0.2, 0) is 6.42 Å². The topological polar surface area (TPSA) is 61.0 Å². The molecule has 1 aliphatic heterocycles. The quantitative estimate of drug-likeness (QED) is 0.751. The first-order chi connectivity index (χ1) is 12.3. The molecule has 0 spiro atoms. The number of aromatic nitrogens is 2. The summed E-state index contributed by atoms with van der Waals surface area (Å²) in [7, 11) is 0. The largest absolute Gasteiger partial charge is 0.383 e. The summed E-state index contributed by atoms with van der Waals surface area (Å²) in [6, 6.07) is 12.1. The smallest absolute Gasteiger partial charge is 0.272 e. The van der Waals surface area contributed by atoms with Crippen LogP contribution in [0.2, 0.25) is 0 Å². The van der Waals surface area contributed by atoms with Crippen LogP contribution in [0.25, 0.3) is 10.9 Å². The summed E-state index contributed by atoms with van der Waals surface area (Å²) in [5.74, 6) is 0.0443. The van der Waals surface area contributed by atoms with E-state index in [4.69, 9.17) is 0 Å². The van der Waals surface area contributed by atoms with Crippen LogP contribution in [0.3, 0.4) is 0 Å². The van der Waals surface area contributed by atoms with Crippen molar-refractivity contribution >= 4 is 22.5 Å². The van der Waals surface area contributed by atoms with Crippen molar-refractivity contribution in [1.29, 1.82) is 0 Å². The van der Waals surface area contributed by atoms with E-state index in [-0.39, 0.29) is 5.91 Å². The molecule has 0 saturated carbocycles. The van der Waals surface area contributed by atoms with Gasteiger partial charge < -0.3 is 15.2 Å². The number of pyridine rings is 1. The summed E-state index contributed by atoms with van der Waals surface area (Å²) < 4.78 is 0. The minimum absolute atomic E-state index is 0.0443. The second-order valence-electron chi connectivity index (χ2n) is 6.47. The van der Waals surface area contributed by atoms with E-state index in [9.17, 15) is 4.79 Å². The number of nitrogens with one attached hydrogen (secondary N) is 2. The fraction of sp³-hybridized carbons (Fsp3) is 0.300. The molecule has 0 atom stereocenters. The third kappa shape index (κ3) is 3.36. The highest BCUT2D eigenvalue weighted by molar-refractivity contribution is 5.92. The summed E-state index contributed by atoms with van der Waals surface area (Å²) in [4.78, 5) is 21.8. The Bertz CT molecular complexity index is 863. The average molecular weight is 334 g/mol. The Labute approximate surface area is 147 Å². The van der Waals surface area contributed by atoms with Crippen LogP contribution >= 0.6 is 0 Å². The molecule has 25 heavy (non-hydrogen) atoms. The van der Waals surface area contributed by atoms with Crippen LogP contribution in [0, 0.1) is 0 Å². The highest BCUT2D eigenvalue weighted by Crippen LogP contribution is 2.18. The van der Waals surface area contributed by atoms with Crippen molar-refractivity contribution in [2.45, 2.75) is 19.3 Å². The van der Waals surface area contributed by atoms with E-state index in [0.717, 1.165) is 44.6 Å². The zero-order valence-corrected chi connectivity index (χ0v) is 14.2. The molecular formula is C20H22N4O. The summed E-state index contributed by atoms with van der Waals surface area (Å²) >= 11 is 0. The molecule has 0 radical (unpaired) electrons. The fourth-order valence-corrected chi connectivity index (χ4v) is 3.39. The van der Waals surface area contributed by atoms with Crippen molar-refractivity contribution in [1.82, 2.24) is 14.9 Å². The number of amides is 1. The fourth-order valence-electron chi connectivity index (χ4n) is 3.39. The van der Waals surface area contributed by atoms with Crippen molar-refractivity contribution in [3.8, 4) is 0 Å². The number of fused-ring (bicyclic) bond motifs is 1. The standard InChI is InChI=1S/C20H22N4O/c25-20(24-11-3-4-12-24)19-8-7-16(14-23-19)21-10-9-15-13-22-18-6-2-1-5-17(15)18/h1-2,5-8,13-14,21-22H,3-4,9-12H2. The Hall–Kier alpha value is -2.82. The number of aromatic amines is 1. The van der Waals surface area contributed by atoms with E-state index < -0.39 is 0 Å². The SMILES string of the molecule is O=C(c1ccc(NCCc2c[nH]c3ccccc23)cn1)N1CCCC1. The summed E-state index contributed by atoms with van der Waals surface area (Å²) in [6.07, 6.45) is 6.94. The maximum atomic E-state index is 12.3. The van der Waals surface area contributed by atoms with Gasteiger partial charge in [-0.15, -0.1) is 0 Å². The number of carbonyl (C=O) groups is 1. The number of likely N-dealkylation sites (tertiary alicyclic amines) is 1. The van der Waals surface area contributed by atoms with Gasteiger partial charge in [0, 0.05) is 36.7 Å². The Kier molecular flexibility index (Phi) is 4.37. The van der Waals surface area contributed by atoms with E-state index in [1.165, 1.54) is 16.5 Å². The van der Waals surface area contributed by atoms with Gasteiger partial charge in [-0.3, -0.25) is 4.79 Å². The van der Waals surface area contributed by atoms with Crippen molar-refractivity contribution in [2.75, 3.05) is 25.0 Å². The number of benzene rings is 1. The lowest BCUT2D eigenvalue weighted by atomic mass is 10.1. The molecule has 1 saturated heterocycles. The number of rotatable bonds is 5. The number of para-hydroxylation sites is 1. The Morgan fingerprint density at radius 2 is 2.00 bits per heavy atom. The van der Waals surface area contributed by atoms with E-state index in [1.807, 2.05) is 23.1 Å². The van der Waals surface area contributed by atoms with Gasteiger partial charge in [0.25, 0.3) is 5.91 Å². The normalized spacial score (nSPS) is 14.2. The minimum Gasteiger partial charge on any atom is -0.383 e. The van der Waals surface area contributed by atoms with Crippen LogP contribution in [0.4, 0.5) is 5.69 Å². The maximum Gasteiger partial charge on any atom is 0.272 e. The Morgan fingerprint density at radius 3 is 2.80 bits per heavy atom. The second-order valence-corrected chi connectivity index (χ2v) is 6.47. The van der Waals surface area contributed by atoms with Crippen molar-refractivity contribution < 1.29 is 4.79 Å². The van der Waals surface area contributed by atoms with E-state index in [0.29, 0.717) is 5.69 Å². The monoisotopic (exact) mass is 334 g/mol. The number of nitrogens with zero attached hydrogens (tertiary/aromatic N) is 2. The highest BCUT2D eigenvalue weighted by atomic mass is 16.2. The first-order valence-corrected chi connectivity index (χ1v) is 8.85. The predicted molar refractivity (Wildman–Crippen MR) is 99.9 cm³/mol. The lowest BCUT2D eigenvalue weighted by Gasteiger charge is -2.14. The highest BCUT2D eigenvalue weighted by Gasteiger charge is 2.20. The van der Waals surface area contributed by atoms with Crippen molar-refractivity contribution in [3.05, 3.63) is 60.0 Å². The molecule has 4 rings (SSSR count). The zero-order valence-electron chi connectivity index (χ0n) is 14.2. The molecule has 0 unspecified atom stereocenters. The van der Waals surface area contributed by atoms with Gasteiger partial charge in [0.05, 0.1) is 11.9 Å². The Balaban J connectivity index is 1.34. The van der Waals surface area contributed by atoms with Gasteiger partial charge in [-0.05, 0) is 43.0 Å². The third-order valence-corrected chi connectivity index (χ3v) is 4.77. The molecular weight excluding hydrogens is 312 g/mol. The van der Waals surface area contributed by atoms with Crippen LogP contribution in [-0.4, -0.2) is 40.4 Å². The van der Waals surface area contributed by atoms with Crippen LogP contribution in [0.15, 0.2) is 48.8 Å². The first-order valence-electron chi connectivity index (χ1n) is 8.85. The van der Waals surface area contributed by atoms with Crippen LogP contribution in [0.1, 0.15) is 28.9 Å². The van der Waals surface area contributed by atoms with Gasteiger partial charge in [-0.2, -0.15) is 0 Å². The lowest BCUT2D eigenvalue weighted by molar-refractivity contribution is 0.0787. The number of hydrogen-bond acceptors (Lipinski definition) is 3. The second kappa shape index (κ2) is 6.97. The van der Waals surface area contributed by atoms with Gasteiger partial charge in [-0.25, -0.2) is 4.98 Å². The molecule has 3 heterocycles. The molecule has 5 heteroatoms. The molecule has 0 bridgehead atoms. The van der Waals surface area contributed by atoms with E-state index in [1.54, 1.807) is 6.20 Å². The molecule has 0 aliphatic carbocycles. The van der Waals surface area contributed by atoms with Gasteiger partial charge in [0.2, 0.25) is 0 Å². The van der Waals surface area contributed by atoms with Gasteiger partial charge >= 0.3 is 0 Å². The predicted octanol–water partition coefficient (Wildman–Crippen LogP) is 3.45. The molecule has 2 aromatic heterocycles. The summed E-state index contributed by atoms with van der Waals surface area (Å²) in [6.45, 7) is 2.53. The Morgan fingerprint density at radius 1 is 1.16 bits per heavy atom. The van der Waals surface area contributed by atoms with Crippen LogP contribution in [0.5, 0.6) is 0 Å². The number of H-pyrrole nitrogens is 1. The molecule has 2 N–H and O–H groups in total. The number of anilines is 1. The van der Waals surface area contributed by atoms with Gasteiger partial charge in [-0.1, -0.05) is 18.2 Å². The first kappa shape index (κ1) is 15.7. The number of hydrogen-bond donors (Lipinski definition) is 2. The molecule has 128 valence electrons. The molecule has 3 aromatic rings. The van der Waals surface area contributed by atoms with Crippen molar-refractivity contribution in [3.63, 3.8) is 0 Å². The lowest BCUT2D eigenvalue weighted by Crippen LogP contribution is -2.28. The molecule has 1 amide bonds.